The van der Waals surface area contributed by atoms with Gasteiger partial charge < -0.3 is 4.74 Å². The van der Waals surface area contributed by atoms with Crippen molar-refractivity contribution in [1.29, 1.82) is 0 Å². The Morgan fingerprint density at radius 1 is 1.60 bits per heavy atom. The van der Waals surface area contributed by atoms with Gasteiger partial charge in [0.05, 0.1) is 13.2 Å². The van der Waals surface area contributed by atoms with Gasteiger partial charge >= 0.3 is 5.97 Å². The normalized spacial score (nSPS) is 15.3. The number of carbonyl (C=O) groups excluding carboxylic acids is 1. The maximum absolute atomic E-state index is 11.3. The Morgan fingerprint density at radius 2 is 2.33 bits per heavy atom. The van der Waals surface area contributed by atoms with E-state index in [1.165, 1.54) is 12.8 Å². The van der Waals surface area contributed by atoms with E-state index in [2.05, 4.69) is 11.5 Å². The SMILES string of the molecule is C=CCCCN(CC(=O)OCC)C1CC1. The zero-order chi connectivity index (χ0) is 11.1. The largest absolute Gasteiger partial charge is 0.465 e. The van der Waals surface area contributed by atoms with Crippen LogP contribution in [0.5, 0.6) is 0 Å². The first-order valence-electron chi connectivity index (χ1n) is 5.78. The lowest BCUT2D eigenvalue weighted by atomic mass is 10.3. The molecule has 0 N–H and O–H groups in total. The molecule has 0 spiro atoms. The quantitative estimate of drug-likeness (QED) is 0.349. The number of carbonyl (C=O) groups is 1. The van der Waals surface area contributed by atoms with Crippen LogP contribution in [-0.4, -0.2) is 36.6 Å². The van der Waals surface area contributed by atoms with Gasteiger partial charge in [-0.1, -0.05) is 6.08 Å². The van der Waals surface area contributed by atoms with Crippen LogP contribution in [0.15, 0.2) is 12.7 Å². The molecule has 3 heteroatoms. The molecule has 0 saturated heterocycles. The van der Waals surface area contributed by atoms with Crippen molar-refractivity contribution in [3.8, 4) is 0 Å². The minimum absolute atomic E-state index is 0.0944. The fraction of sp³-hybridized carbons (Fsp3) is 0.750. The van der Waals surface area contributed by atoms with Crippen LogP contribution in [0.1, 0.15) is 32.6 Å². The second-order valence-electron chi connectivity index (χ2n) is 3.94. The molecule has 0 aromatic heterocycles. The van der Waals surface area contributed by atoms with Crippen molar-refractivity contribution in [1.82, 2.24) is 4.90 Å². The van der Waals surface area contributed by atoms with Gasteiger partial charge in [0.25, 0.3) is 0 Å². The monoisotopic (exact) mass is 211 g/mol. The van der Waals surface area contributed by atoms with Gasteiger partial charge in [0.15, 0.2) is 0 Å². The van der Waals surface area contributed by atoms with E-state index in [1.807, 2.05) is 13.0 Å². The highest BCUT2D eigenvalue weighted by atomic mass is 16.5. The smallest absolute Gasteiger partial charge is 0.320 e. The van der Waals surface area contributed by atoms with E-state index in [1.54, 1.807) is 0 Å². The van der Waals surface area contributed by atoms with Crippen LogP contribution in [0, 0.1) is 0 Å². The van der Waals surface area contributed by atoms with Gasteiger partial charge in [0.2, 0.25) is 0 Å². The van der Waals surface area contributed by atoms with E-state index >= 15 is 0 Å². The highest BCUT2D eigenvalue weighted by Crippen LogP contribution is 2.26. The number of allylic oxidation sites excluding steroid dienone is 1. The third-order valence-corrected chi connectivity index (χ3v) is 2.55. The zero-order valence-corrected chi connectivity index (χ0v) is 9.58. The number of esters is 1. The van der Waals surface area contributed by atoms with E-state index in [0.29, 0.717) is 19.2 Å². The molecule has 0 aromatic carbocycles. The molecule has 3 nitrogen and oxygen atoms in total. The summed E-state index contributed by atoms with van der Waals surface area (Å²) in [5, 5.41) is 0. The third-order valence-electron chi connectivity index (χ3n) is 2.55. The number of hydrogen-bond acceptors (Lipinski definition) is 3. The molecule has 0 bridgehead atoms. The van der Waals surface area contributed by atoms with Crippen molar-refractivity contribution in [2.75, 3.05) is 19.7 Å². The molecule has 1 saturated carbocycles. The van der Waals surface area contributed by atoms with E-state index in [4.69, 9.17) is 4.74 Å². The van der Waals surface area contributed by atoms with Gasteiger partial charge in [-0.3, -0.25) is 9.69 Å². The molecule has 15 heavy (non-hydrogen) atoms. The molecule has 0 unspecified atom stereocenters. The molecule has 0 aliphatic heterocycles. The highest BCUT2D eigenvalue weighted by molar-refractivity contribution is 5.71. The third kappa shape index (κ3) is 4.98. The van der Waals surface area contributed by atoms with Crippen molar-refractivity contribution in [2.24, 2.45) is 0 Å². The van der Waals surface area contributed by atoms with Crippen LogP contribution in [0.2, 0.25) is 0 Å². The lowest BCUT2D eigenvalue weighted by Gasteiger charge is -2.20. The number of hydrogen-bond donors (Lipinski definition) is 0. The Labute approximate surface area is 92.1 Å². The molecular formula is C12H21NO2. The van der Waals surface area contributed by atoms with Gasteiger partial charge in [0.1, 0.15) is 0 Å². The molecule has 0 amide bonds. The maximum Gasteiger partial charge on any atom is 0.320 e. The van der Waals surface area contributed by atoms with Gasteiger partial charge in [-0.15, -0.1) is 6.58 Å². The van der Waals surface area contributed by atoms with Crippen LogP contribution in [0.25, 0.3) is 0 Å². The standard InChI is InChI=1S/C12H21NO2/c1-3-5-6-9-13(11-7-8-11)10-12(14)15-4-2/h3,11H,1,4-10H2,2H3. The highest BCUT2D eigenvalue weighted by Gasteiger charge is 2.29. The van der Waals surface area contributed by atoms with E-state index in [-0.39, 0.29) is 5.97 Å². The van der Waals surface area contributed by atoms with Crippen LogP contribution >= 0.6 is 0 Å². The van der Waals surface area contributed by atoms with Gasteiger partial charge in [-0.05, 0) is 39.2 Å². The summed E-state index contributed by atoms with van der Waals surface area (Å²) in [5.41, 5.74) is 0. The number of unbranched alkanes of at least 4 members (excludes halogenated alkanes) is 1. The van der Waals surface area contributed by atoms with Crippen molar-refractivity contribution in [2.45, 2.75) is 38.6 Å². The van der Waals surface area contributed by atoms with Gasteiger partial charge in [-0.25, -0.2) is 0 Å². The number of nitrogens with zero attached hydrogens (tertiary/aromatic N) is 1. The van der Waals surface area contributed by atoms with Crippen molar-refractivity contribution < 1.29 is 9.53 Å². The minimum atomic E-state index is -0.0944. The molecule has 1 fully saturated rings. The molecule has 1 aliphatic rings. The summed E-state index contributed by atoms with van der Waals surface area (Å²) >= 11 is 0. The molecule has 0 atom stereocenters. The topological polar surface area (TPSA) is 29.5 Å². The Balaban J connectivity index is 2.23. The fourth-order valence-corrected chi connectivity index (χ4v) is 1.64. The van der Waals surface area contributed by atoms with Crippen molar-refractivity contribution >= 4 is 5.97 Å². The Hall–Kier alpha value is -0.830. The predicted molar refractivity (Wildman–Crippen MR) is 60.7 cm³/mol. The summed E-state index contributed by atoms with van der Waals surface area (Å²) in [4.78, 5) is 13.6. The van der Waals surface area contributed by atoms with Crippen LogP contribution in [-0.2, 0) is 9.53 Å². The Bertz CT molecular complexity index is 212. The fourth-order valence-electron chi connectivity index (χ4n) is 1.64. The van der Waals surface area contributed by atoms with Gasteiger partial charge in [-0.2, -0.15) is 0 Å². The molecule has 1 rings (SSSR count). The summed E-state index contributed by atoms with van der Waals surface area (Å²) in [7, 11) is 0. The van der Waals surface area contributed by atoms with E-state index < -0.39 is 0 Å². The average Bonchev–Trinajstić information content (AvgIpc) is 3.00. The maximum atomic E-state index is 11.3. The van der Waals surface area contributed by atoms with Crippen LogP contribution < -0.4 is 0 Å². The molecule has 0 heterocycles. The first-order valence-corrected chi connectivity index (χ1v) is 5.78. The van der Waals surface area contributed by atoms with E-state index in [0.717, 1.165) is 19.4 Å². The molecule has 86 valence electrons. The Kier molecular flexibility index (Phi) is 5.40. The lowest BCUT2D eigenvalue weighted by molar-refractivity contribution is -0.144. The first kappa shape index (κ1) is 12.2. The van der Waals surface area contributed by atoms with Crippen molar-refractivity contribution in [3.05, 3.63) is 12.7 Å². The second-order valence-corrected chi connectivity index (χ2v) is 3.94. The molecule has 0 aromatic rings. The second kappa shape index (κ2) is 6.62. The molecule has 1 aliphatic carbocycles. The summed E-state index contributed by atoms with van der Waals surface area (Å²) in [5.74, 6) is -0.0944. The average molecular weight is 211 g/mol. The minimum Gasteiger partial charge on any atom is -0.465 e. The van der Waals surface area contributed by atoms with Crippen molar-refractivity contribution in [3.63, 3.8) is 0 Å². The summed E-state index contributed by atoms with van der Waals surface area (Å²) < 4.78 is 4.96. The van der Waals surface area contributed by atoms with Crippen LogP contribution in [0.4, 0.5) is 0 Å². The summed E-state index contributed by atoms with van der Waals surface area (Å²) in [6, 6.07) is 0.624. The molecule has 0 radical (unpaired) electrons. The summed E-state index contributed by atoms with van der Waals surface area (Å²) in [6.45, 7) is 7.45. The van der Waals surface area contributed by atoms with Crippen LogP contribution in [0.3, 0.4) is 0 Å². The number of ether oxygens (including phenoxy) is 1. The lowest BCUT2D eigenvalue weighted by Crippen LogP contribution is -2.33. The Morgan fingerprint density at radius 3 is 2.87 bits per heavy atom. The predicted octanol–water partition coefficient (Wildman–Crippen LogP) is 1.98. The first-order chi connectivity index (χ1) is 7.27. The van der Waals surface area contributed by atoms with Gasteiger partial charge in [0, 0.05) is 6.04 Å². The molecular weight excluding hydrogens is 190 g/mol. The zero-order valence-electron chi connectivity index (χ0n) is 9.58. The number of rotatable bonds is 8. The van der Waals surface area contributed by atoms with E-state index in [9.17, 15) is 4.79 Å². The summed E-state index contributed by atoms with van der Waals surface area (Å²) in [6.07, 6.45) is 6.49.